The number of aryl methyl sites for hydroxylation is 1. The number of aromatic nitrogens is 2. The minimum absolute atomic E-state index is 0.00433. The van der Waals surface area contributed by atoms with Crippen LogP contribution >= 0.6 is 0 Å². The molecule has 1 aromatic heterocycles. The van der Waals surface area contributed by atoms with E-state index in [-0.39, 0.29) is 23.5 Å². The van der Waals surface area contributed by atoms with E-state index in [0.717, 1.165) is 37.6 Å². The molecule has 1 saturated carbocycles. The van der Waals surface area contributed by atoms with E-state index in [9.17, 15) is 9.90 Å². The number of rotatable bonds is 3. The van der Waals surface area contributed by atoms with E-state index >= 15 is 0 Å². The van der Waals surface area contributed by atoms with Gasteiger partial charge in [0.05, 0.1) is 23.5 Å². The van der Waals surface area contributed by atoms with Crippen molar-refractivity contribution in [3.05, 3.63) is 17.5 Å². The van der Waals surface area contributed by atoms with Crippen molar-refractivity contribution in [3.63, 3.8) is 0 Å². The summed E-state index contributed by atoms with van der Waals surface area (Å²) in [4.78, 5) is 26.2. The van der Waals surface area contributed by atoms with Gasteiger partial charge < -0.3 is 19.6 Å². The Labute approximate surface area is 160 Å². The van der Waals surface area contributed by atoms with E-state index < -0.39 is 0 Å². The van der Waals surface area contributed by atoms with Gasteiger partial charge in [-0.05, 0) is 39.0 Å². The molecule has 3 aliphatic rings. The summed E-state index contributed by atoms with van der Waals surface area (Å²) < 4.78 is 5.53. The Kier molecular flexibility index (Phi) is 5.07. The number of amides is 1. The Bertz CT molecular complexity index is 696. The highest BCUT2D eigenvalue weighted by Crippen LogP contribution is 2.50. The first kappa shape index (κ1) is 18.6. The normalized spacial score (nSPS) is 27.5. The first-order valence-electron chi connectivity index (χ1n) is 10.1. The minimum Gasteiger partial charge on any atom is -0.392 e. The monoisotopic (exact) mass is 374 g/mol. The Morgan fingerprint density at radius 1 is 1.22 bits per heavy atom. The molecule has 0 bridgehead atoms. The van der Waals surface area contributed by atoms with Crippen LogP contribution in [0.5, 0.6) is 0 Å². The number of nitrogens with zero attached hydrogens (tertiary/aromatic N) is 4. The van der Waals surface area contributed by atoms with Gasteiger partial charge in [0.25, 0.3) is 5.91 Å². The molecule has 1 spiro atoms. The van der Waals surface area contributed by atoms with Crippen molar-refractivity contribution in [2.45, 2.75) is 57.7 Å². The third-order valence-corrected chi connectivity index (χ3v) is 6.84. The van der Waals surface area contributed by atoms with Crippen LogP contribution in [-0.2, 0) is 4.74 Å². The highest BCUT2D eigenvalue weighted by atomic mass is 16.5. The number of hydrogen-bond donors (Lipinski definition) is 1. The number of aliphatic hydroxyl groups is 1. The van der Waals surface area contributed by atoms with Gasteiger partial charge in [-0.2, -0.15) is 0 Å². The molecule has 0 unspecified atom stereocenters. The molecule has 3 fully saturated rings. The van der Waals surface area contributed by atoms with Gasteiger partial charge in [0.15, 0.2) is 0 Å². The number of methoxy groups -OCH3 is 1. The second-order valence-corrected chi connectivity index (χ2v) is 8.22. The highest BCUT2D eigenvalue weighted by Gasteiger charge is 2.56. The molecule has 0 radical (unpaired) electrons. The van der Waals surface area contributed by atoms with Gasteiger partial charge in [-0.25, -0.2) is 9.97 Å². The van der Waals surface area contributed by atoms with Crippen LogP contribution in [-0.4, -0.2) is 71.4 Å². The minimum atomic E-state index is -0.311. The molecule has 1 amide bonds. The smallest absolute Gasteiger partial charge is 0.257 e. The van der Waals surface area contributed by atoms with Crippen LogP contribution in [0.2, 0.25) is 0 Å². The van der Waals surface area contributed by atoms with E-state index in [4.69, 9.17) is 4.74 Å². The number of carbonyl (C=O) groups is 1. The van der Waals surface area contributed by atoms with E-state index in [0.29, 0.717) is 25.1 Å². The third kappa shape index (κ3) is 3.21. The van der Waals surface area contributed by atoms with Crippen molar-refractivity contribution < 1.29 is 14.6 Å². The quantitative estimate of drug-likeness (QED) is 0.869. The van der Waals surface area contributed by atoms with Crippen LogP contribution < -0.4 is 4.90 Å². The Hall–Kier alpha value is -1.73. The van der Waals surface area contributed by atoms with Crippen molar-refractivity contribution in [1.29, 1.82) is 0 Å². The zero-order valence-electron chi connectivity index (χ0n) is 16.4. The Balaban J connectivity index is 1.43. The number of carbonyl (C=O) groups excluding carboxylic acids is 1. The molecular weight excluding hydrogens is 344 g/mol. The average Bonchev–Trinajstić information content (AvgIpc) is 2.72. The summed E-state index contributed by atoms with van der Waals surface area (Å²) in [6, 6.07) is 0. The summed E-state index contributed by atoms with van der Waals surface area (Å²) in [6.07, 6.45) is 7.37. The zero-order chi connectivity index (χ0) is 19.0. The summed E-state index contributed by atoms with van der Waals surface area (Å²) in [5.74, 6) is 0.734. The predicted molar refractivity (Wildman–Crippen MR) is 102 cm³/mol. The molecule has 1 aromatic rings. The molecule has 1 aliphatic carbocycles. The number of piperidine rings is 2. The van der Waals surface area contributed by atoms with Crippen LogP contribution in [0.4, 0.5) is 5.95 Å². The van der Waals surface area contributed by atoms with Crippen LogP contribution in [0.1, 0.15) is 54.6 Å². The largest absolute Gasteiger partial charge is 0.392 e. The Morgan fingerprint density at radius 2 is 1.93 bits per heavy atom. The van der Waals surface area contributed by atoms with Crippen molar-refractivity contribution >= 4 is 11.9 Å². The van der Waals surface area contributed by atoms with Crippen molar-refractivity contribution in [2.24, 2.45) is 5.41 Å². The molecule has 1 N–H and O–H groups in total. The standard InChI is InChI=1S/C20H30N4O3/c1-14-15(13-21-19(22-14)24-8-4-3-5-9-24)18(26)23-10-6-20(7-11-23)16(25)12-17(20)27-2/h13,16-17,25H,3-12H2,1-2H3/t16-,17+/m0/s1. The summed E-state index contributed by atoms with van der Waals surface area (Å²) in [5, 5.41) is 10.3. The van der Waals surface area contributed by atoms with Crippen LogP contribution in [0.15, 0.2) is 6.20 Å². The summed E-state index contributed by atoms with van der Waals surface area (Å²) in [7, 11) is 1.71. The van der Waals surface area contributed by atoms with Crippen molar-refractivity contribution in [1.82, 2.24) is 14.9 Å². The summed E-state index contributed by atoms with van der Waals surface area (Å²) >= 11 is 0. The van der Waals surface area contributed by atoms with Crippen molar-refractivity contribution in [2.75, 3.05) is 38.2 Å². The molecule has 2 atom stereocenters. The second-order valence-electron chi connectivity index (χ2n) is 8.22. The van der Waals surface area contributed by atoms with Gasteiger partial charge in [-0.15, -0.1) is 0 Å². The SMILES string of the molecule is CO[C@@H]1C[C@H](O)C12CCN(C(=O)c1cnc(N3CCCCC3)nc1C)CC2. The van der Waals surface area contributed by atoms with E-state index in [2.05, 4.69) is 14.9 Å². The summed E-state index contributed by atoms with van der Waals surface area (Å²) in [5.41, 5.74) is 1.16. The lowest BCUT2D eigenvalue weighted by atomic mass is 9.58. The average molecular weight is 374 g/mol. The molecule has 2 aliphatic heterocycles. The van der Waals surface area contributed by atoms with Gasteiger partial charge in [-0.1, -0.05) is 0 Å². The molecule has 0 aromatic carbocycles. The maximum atomic E-state index is 13.0. The Morgan fingerprint density at radius 3 is 2.52 bits per heavy atom. The van der Waals surface area contributed by atoms with Crippen LogP contribution in [0.25, 0.3) is 0 Å². The fourth-order valence-electron chi connectivity index (χ4n) is 4.92. The molecule has 4 rings (SSSR count). The first-order chi connectivity index (χ1) is 13.0. The molecule has 7 nitrogen and oxygen atoms in total. The van der Waals surface area contributed by atoms with Gasteiger partial charge in [-0.3, -0.25) is 4.79 Å². The van der Waals surface area contributed by atoms with E-state index in [1.54, 1.807) is 13.3 Å². The second kappa shape index (κ2) is 7.36. The fraction of sp³-hybridized carbons (Fsp3) is 0.750. The van der Waals surface area contributed by atoms with Crippen LogP contribution in [0, 0.1) is 12.3 Å². The topological polar surface area (TPSA) is 78.8 Å². The maximum absolute atomic E-state index is 13.0. The van der Waals surface area contributed by atoms with Crippen molar-refractivity contribution in [3.8, 4) is 0 Å². The molecule has 27 heavy (non-hydrogen) atoms. The fourth-order valence-corrected chi connectivity index (χ4v) is 4.92. The molecule has 148 valence electrons. The first-order valence-corrected chi connectivity index (χ1v) is 10.1. The number of likely N-dealkylation sites (tertiary alicyclic amines) is 1. The number of anilines is 1. The molecular formula is C20H30N4O3. The number of aliphatic hydroxyl groups excluding tert-OH is 1. The maximum Gasteiger partial charge on any atom is 0.257 e. The van der Waals surface area contributed by atoms with Gasteiger partial charge in [0, 0.05) is 51.3 Å². The number of ether oxygens (including phenoxy) is 1. The van der Waals surface area contributed by atoms with E-state index in [1.165, 1.54) is 19.3 Å². The lowest BCUT2D eigenvalue weighted by Crippen LogP contribution is -2.62. The number of hydrogen-bond acceptors (Lipinski definition) is 6. The van der Waals surface area contributed by atoms with Crippen LogP contribution in [0.3, 0.4) is 0 Å². The molecule has 7 heteroatoms. The predicted octanol–water partition coefficient (Wildman–Crippen LogP) is 1.78. The lowest BCUT2D eigenvalue weighted by molar-refractivity contribution is -0.199. The summed E-state index contributed by atoms with van der Waals surface area (Å²) in [6.45, 7) is 5.16. The third-order valence-electron chi connectivity index (χ3n) is 6.84. The molecule has 3 heterocycles. The van der Waals surface area contributed by atoms with Gasteiger partial charge >= 0.3 is 0 Å². The van der Waals surface area contributed by atoms with Gasteiger partial charge in [0.2, 0.25) is 5.95 Å². The van der Waals surface area contributed by atoms with E-state index in [1.807, 2.05) is 11.8 Å². The zero-order valence-corrected chi connectivity index (χ0v) is 16.4. The van der Waals surface area contributed by atoms with Gasteiger partial charge in [0.1, 0.15) is 0 Å². The molecule has 2 saturated heterocycles. The highest BCUT2D eigenvalue weighted by molar-refractivity contribution is 5.95. The lowest BCUT2D eigenvalue weighted by Gasteiger charge is -2.56.